The molecule has 0 saturated carbocycles. The van der Waals surface area contributed by atoms with E-state index in [1.165, 1.54) is 33.4 Å². The lowest BCUT2D eigenvalue weighted by atomic mass is 9.76. The molecule has 25 heavy (non-hydrogen) atoms. The fraction of sp³-hybridized carbons (Fsp3) is 0.520. The maximum absolute atomic E-state index is 2.48. The van der Waals surface area contributed by atoms with Crippen molar-refractivity contribution in [1.82, 2.24) is 0 Å². The molecule has 0 radical (unpaired) electrons. The Morgan fingerprint density at radius 3 is 1.80 bits per heavy atom. The van der Waals surface area contributed by atoms with E-state index in [1.54, 1.807) is 5.56 Å². The quantitative estimate of drug-likeness (QED) is 0.409. The van der Waals surface area contributed by atoms with E-state index >= 15 is 0 Å². The van der Waals surface area contributed by atoms with Crippen molar-refractivity contribution in [3.8, 4) is 11.1 Å². The van der Waals surface area contributed by atoms with E-state index < -0.39 is 0 Å². The van der Waals surface area contributed by atoms with Crippen LogP contribution in [0.25, 0.3) is 11.1 Å². The second kappa shape index (κ2) is 5.47. The lowest BCUT2D eigenvalue weighted by molar-refractivity contribution is 0.565. The Balaban J connectivity index is 2.38. The van der Waals surface area contributed by atoms with Gasteiger partial charge in [0.25, 0.3) is 0 Å². The average molecular weight is 335 g/mol. The first-order chi connectivity index (χ1) is 11.3. The summed E-state index contributed by atoms with van der Waals surface area (Å²) in [6.45, 7) is 21.0. The molecule has 0 saturated heterocycles. The summed E-state index contributed by atoms with van der Waals surface area (Å²) in [6, 6.07) is 11.8. The number of hydrogen-bond acceptors (Lipinski definition) is 0. The van der Waals surface area contributed by atoms with Crippen molar-refractivity contribution < 1.29 is 0 Å². The summed E-state index contributed by atoms with van der Waals surface area (Å²) in [7, 11) is 0. The molecule has 0 N–H and O–H groups in total. The molecule has 3 rings (SSSR count). The highest BCUT2D eigenvalue weighted by Gasteiger charge is 2.32. The molecule has 2 aromatic carbocycles. The first-order valence-corrected chi connectivity index (χ1v) is 9.61. The summed E-state index contributed by atoms with van der Waals surface area (Å²) < 4.78 is 0. The zero-order valence-corrected chi connectivity index (χ0v) is 17.6. The zero-order chi connectivity index (χ0) is 18.8. The van der Waals surface area contributed by atoms with E-state index in [4.69, 9.17) is 0 Å². The van der Waals surface area contributed by atoms with Crippen molar-refractivity contribution in [2.24, 2.45) is 0 Å². The third-order valence-corrected chi connectivity index (χ3v) is 5.52. The molecule has 0 aromatic heterocycles. The van der Waals surface area contributed by atoms with Gasteiger partial charge in [0.05, 0.1) is 0 Å². The molecule has 0 unspecified atom stereocenters. The van der Waals surface area contributed by atoms with Gasteiger partial charge < -0.3 is 0 Å². The summed E-state index contributed by atoms with van der Waals surface area (Å²) in [5, 5.41) is 0. The molecule has 1 aliphatic carbocycles. The maximum Gasteiger partial charge on any atom is -0.00104 e. The molecule has 0 heteroatoms. The van der Waals surface area contributed by atoms with Gasteiger partial charge in [0, 0.05) is 0 Å². The Hall–Kier alpha value is -1.56. The zero-order valence-electron chi connectivity index (χ0n) is 17.6. The van der Waals surface area contributed by atoms with E-state index in [9.17, 15) is 0 Å². The first kappa shape index (κ1) is 18.2. The highest BCUT2D eigenvalue weighted by Crippen LogP contribution is 2.47. The second-order valence-corrected chi connectivity index (χ2v) is 10.8. The van der Waals surface area contributed by atoms with E-state index in [1.807, 2.05) is 0 Å². The molecule has 0 bridgehead atoms. The van der Waals surface area contributed by atoms with Gasteiger partial charge in [-0.05, 0) is 61.6 Å². The Bertz CT molecular complexity index is 815. The third kappa shape index (κ3) is 3.16. The van der Waals surface area contributed by atoms with Crippen molar-refractivity contribution >= 4 is 0 Å². The Labute approximate surface area is 154 Å². The van der Waals surface area contributed by atoms with Crippen molar-refractivity contribution in [3.05, 3.63) is 58.1 Å². The van der Waals surface area contributed by atoms with Crippen LogP contribution < -0.4 is 0 Å². The van der Waals surface area contributed by atoms with Crippen LogP contribution in [0, 0.1) is 0 Å². The van der Waals surface area contributed by atoms with Crippen molar-refractivity contribution in [1.29, 1.82) is 0 Å². The molecule has 0 nitrogen and oxygen atoms in total. The number of fused-ring (bicyclic) bond motifs is 3. The topological polar surface area (TPSA) is 0 Å². The van der Waals surface area contributed by atoms with Gasteiger partial charge in [0.15, 0.2) is 0 Å². The number of benzene rings is 2. The summed E-state index contributed by atoms with van der Waals surface area (Å²) >= 11 is 0. The van der Waals surface area contributed by atoms with Crippen LogP contribution in [-0.4, -0.2) is 0 Å². The SMILES string of the molecule is CC(C)(C)c1cc2c(c(C(C)(C)C)c1)Cc1cccc(C(C)(C)C)c1-2. The van der Waals surface area contributed by atoms with Crippen LogP contribution in [0.4, 0.5) is 0 Å². The van der Waals surface area contributed by atoms with Gasteiger partial charge in [-0.2, -0.15) is 0 Å². The highest BCUT2D eigenvalue weighted by atomic mass is 14.4. The van der Waals surface area contributed by atoms with Crippen LogP contribution in [0.2, 0.25) is 0 Å². The minimum atomic E-state index is 0.159. The monoisotopic (exact) mass is 334 g/mol. The summed E-state index contributed by atoms with van der Waals surface area (Å²) in [6.07, 6.45) is 1.08. The van der Waals surface area contributed by atoms with Crippen molar-refractivity contribution in [2.45, 2.75) is 85.0 Å². The highest BCUT2D eigenvalue weighted by molar-refractivity contribution is 5.82. The van der Waals surface area contributed by atoms with Crippen LogP contribution in [-0.2, 0) is 22.7 Å². The van der Waals surface area contributed by atoms with Gasteiger partial charge >= 0.3 is 0 Å². The largest absolute Gasteiger partial charge is 0.0616 e. The van der Waals surface area contributed by atoms with Gasteiger partial charge in [-0.3, -0.25) is 0 Å². The van der Waals surface area contributed by atoms with E-state index in [-0.39, 0.29) is 16.2 Å². The molecule has 0 atom stereocenters. The minimum absolute atomic E-state index is 0.159. The van der Waals surface area contributed by atoms with Crippen molar-refractivity contribution in [2.75, 3.05) is 0 Å². The van der Waals surface area contributed by atoms with Gasteiger partial charge in [-0.25, -0.2) is 0 Å². The predicted molar refractivity (Wildman–Crippen MR) is 111 cm³/mol. The average Bonchev–Trinajstić information content (AvgIpc) is 2.81. The summed E-state index contributed by atoms with van der Waals surface area (Å²) in [5.41, 5.74) is 11.0. The Kier molecular flexibility index (Phi) is 3.99. The van der Waals surface area contributed by atoms with Crippen LogP contribution in [0.3, 0.4) is 0 Å². The van der Waals surface area contributed by atoms with Crippen molar-refractivity contribution in [3.63, 3.8) is 0 Å². The fourth-order valence-electron chi connectivity index (χ4n) is 4.07. The van der Waals surface area contributed by atoms with Crippen LogP contribution in [0.5, 0.6) is 0 Å². The van der Waals surface area contributed by atoms with E-state index in [0.29, 0.717) is 0 Å². The molecule has 0 spiro atoms. The molecule has 0 amide bonds. The maximum atomic E-state index is 2.48. The Morgan fingerprint density at radius 1 is 0.680 bits per heavy atom. The number of hydrogen-bond donors (Lipinski definition) is 0. The molecule has 2 aromatic rings. The molecule has 1 aliphatic rings. The smallest absolute Gasteiger partial charge is 0.00104 e. The normalized spacial score (nSPS) is 14.4. The van der Waals surface area contributed by atoms with Crippen LogP contribution >= 0.6 is 0 Å². The van der Waals surface area contributed by atoms with Gasteiger partial charge in [-0.15, -0.1) is 0 Å². The minimum Gasteiger partial charge on any atom is -0.0616 e. The van der Waals surface area contributed by atoms with Crippen LogP contribution in [0.1, 0.15) is 90.1 Å². The van der Waals surface area contributed by atoms with Gasteiger partial charge in [-0.1, -0.05) is 92.6 Å². The molecule has 0 aliphatic heterocycles. The van der Waals surface area contributed by atoms with E-state index in [2.05, 4.69) is 92.6 Å². The molecular weight excluding hydrogens is 300 g/mol. The Morgan fingerprint density at radius 2 is 1.28 bits per heavy atom. The van der Waals surface area contributed by atoms with Gasteiger partial charge in [0.2, 0.25) is 0 Å². The first-order valence-electron chi connectivity index (χ1n) is 9.61. The third-order valence-electron chi connectivity index (χ3n) is 5.52. The number of rotatable bonds is 0. The summed E-state index contributed by atoms with van der Waals surface area (Å²) in [4.78, 5) is 0. The van der Waals surface area contributed by atoms with Gasteiger partial charge in [0.1, 0.15) is 0 Å². The molecule has 134 valence electrons. The lowest BCUT2D eigenvalue weighted by Crippen LogP contribution is -2.18. The molecule has 0 heterocycles. The molecule has 0 fully saturated rings. The van der Waals surface area contributed by atoms with Crippen LogP contribution in [0.15, 0.2) is 30.3 Å². The molecular formula is C25H34. The lowest BCUT2D eigenvalue weighted by Gasteiger charge is -2.29. The summed E-state index contributed by atoms with van der Waals surface area (Å²) in [5.74, 6) is 0. The standard InChI is InChI=1S/C25H34/c1-23(2,3)17-14-19-18(21(15-17)25(7,8)9)13-16-11-10-12-20(22(16)19)24(4,5)6/h10-12,14-15H,13H2,1-9H3. The second-order valence-electron chi connectivity index (χ2n) is 10.8. The van der Waals surface area contributed by atoms with E-state index in [0.717, 1.165) is 6.42 Å². The fourth-order valence-corrected chi connectivity index (χ4v) is 4.07. The predicted octanol–water partition coefficient (Wildman–Crippen LogP) is 7.15.